The van der Waals surface area contributed by atoms with Gasteiger partial charge < -0.3 is 10.6 Å². The average Bonchev–Trinajstić information content (AvgIpc) is 3.21. The smallest absolute Gasteiger partial charge is 0.0156 e. The van der Waals surface area contributed by atoms with Crippen LogP contribution in [-0.2, 0) is 0 Å². The third-order valence-corrected chi connectivity index (χ3v) is 5.19. The molecule has 2 N–H and O–H groups in total. The lowest BCUT2D eigenvalue weighted by Crippen LogP contribution is -2.51. The van der Waals surface area contributed by atoms with Gasteiger partial charge in [-0.2, -0.15) is 0 Å². The first-order valence-corrected chi connectivity index (χ1v) is 8.64. The van der Waals surface area contributed by atoms with E-state index in [4.69, 9.17) is 0 Å². The van der Waals surface area contributed by atoms with Crippen LogP contribution in [0.1, 0.15) is 64.4 Å². The molecule has 2 heteroatoms. The van der Waals surface area contributed by atoms with Crippen LogP contribution in [0.4, 0.5) is 0 Å². The average molecular weight is 286 g/mol. The summed E-state index contributed by atoms with van der Waals surface area (Å²) in [5.74, 6) is 0.758. The standard InChI is InChI=1S/C19H30N2/c1-14(2)21-19(3)11-9-16(10-12-19)20-18-13-17(18)15-7-5-4-6-8-15/h4-8,14,16-18,20-21H,9-13H2,1-3H3/t16?,17-,18+,19?/m1/s1. The summed E-state index contributed by atoms with van der Waals surface area (Å²) in [6.07, 6.45) is 6.54. The Balaban J connectivity index is 1.45. The molecule has 2 aliphatic carbocycles. The molecule has 0 bridgehead atoms. The van der Waals surface area contributed by atoms with Gasteiger partial charge >= 0.3 is 0 Å². The van der Waals surface area contributed by atoms with Crippen molar-refractivity contribution in [3.05, 3.63) is 35.9 Å². The van der Waals surface area contributed by atoms with Crippen molar-refractivity contribution in [3.63, 3.8) is 0 Å². The van der Waals surface area contributed by atoms with Gasteiger partial charge in [0, 0.05) is 29.6 Å². The number of nitrogens with one attached hydrogen (secondary N) is 2. The molecule has 0 aromatic heterocycles. The minimum atomic E-state index is 0.356. The molecule has 0 unspecified atom stereocenters. The lowest BCUT2D eigenvalue weighted by atomic mass is 9.80. The molecule has 116 valence electrons. The maximum Gasteiger partial charge on any atom is 0.0156 e. The second-order valence-corrected chi connectivity index (χ2v) is 7.66. The molecule has 0 aliphatic heterocycles. The van der Waals surface area contributed by atoms with Crippen LogP contribution in [0, 0.1) is 0 Å². The highest BCUT2D eigenvalue weighted by atomic mass is 15.0. The van der Waals surface area contributed by atoms with Crippen molar-refractivity contribution in [2.45, 2.75) is 82.5 Å². The Kier molecular flexibility index (Phi) is 4.37. The van der Waals surface area contributed by atoms with Crippen molar-refractivity contribution in [1.29, 1.82) is 0 Å². The molecule has 2 nitrogen and oxygen atoms in total. The van der Waals surface area contributed by atoms with Crippen LogP contribution in [0.2, 0.25) is 0 Å². The van der Waals surface area contributed by atoms with Crippen molar-refractivity contribution in [3.8, 4) is 0 Å². The molecule has 2 aliphatic rings. The fraction of sp³-hybridized carbons (Fsp3) is 0.684. The van der Waals surface area contributed by atoms with Crippen molar-refractivity contribution in [1.82, 2.24) is 10.6 Å². The molecule has 1 aromatic rings. The van der Waals surface area contributed by atoms with E-state index in [1.54, 1.807) is 0 Å². The molecule has 0 radical (unpaired) electrons. The van der Waals surface area contributed by atoms with Gasteiger partial charge in [0.05, 0.1) is 0 Å². The SMILES string of the molecule is CC(C)NC1(C)CCC(N[C@H]2C[C@@H]2c2ccccc2)CC1. The van der Waals surface area contributed by atoms with Crippen molar-refractivity contribution >= 4 is 0 Å². The quantitative estimate of drug-likeness (QED) is 0.859. The number of rotatable bonds is 5. The molecular weight excluding hydrogens is 256 g/mol. The highest BCUT2D eigenvalue weighted by molar-refractivity contribution is 5.27. The van der Waals surface area contributed by atoms with Crippen LogP contribution in [0.15, 0.2) is 30.3 Å². The van der Waals surface area contributed by atoms with Crippen LogP contribution >= 0.6 is 0 Å². The van der Waals surface area contributed by atoms with Gasteiger partial charge in [0.15, 0.2) is 0 Å². The first-order chi connectivity index (χ1) is 10.1. The topological polar surface area (TPSA) is 24.1 Å². The van der Waals surface area contributed by atoms with E-state index in [0.717, 1.165) is 18.0 Å². The number of hydrogen-bond donors (Lipinski definition) is 2. The van der Waals surface area contributed by atoms with Gasteiger partial charge in [-0.05, 0) is 44.6 Å². The lowest BCUT2D eigenvalue weighted by molar-refractivity contribution is 0.205. The Labute approximate surface area is 129 Å². The predicted molar refractivity (Wildman–Crippen MR) is 89.7 cm³/mol. The first-order valence-electron chi connectivity index (χ1n) is 8.64. The highest BCUT2D eigenvalue weighted by Gasteiger charge is 2.40. The normalized spacial score (nSPS) is 35.9. The van der Waals surface area contributed by atoms with Gasteiger partial charge in [0.1, 0.15) is 0 Å². The summed E-state index contributed by atoms with van der Waals surface area (Å²) in [5.41, 5.74) is 1.87. The fourth-order valence-corrected chi connectivity index (χ4v) is 4.01. The first kappa shape index (κ1) is 15.1. The molecule has 2 fully saturated rings. The maximum absolute atomic E-state index is 3.90. The molecule has 2 saturated carbocycles. The minimum absolute atomic E-state index is 0.356. The molecule has 0 spiro atoms. The van der Waals surface area contributed by atoms with Crippen LogP contribution in [0.5, 0.6) is 0 Å². The third kappa shape index (κ3) is 3.87. The monoisotopic (exact) mass is 286 g/mol. The summed E-state index contributed by atoms with van der Waals surface area (Å²) in [4.78, 5) is 0. The second-order valence-electron chi connectivity index (χ2n) is 7.66. The van der Waals surface area contributed by atoms with Gasteiger partial charge in [0.2, 0.25) is 0 Å². The molecule has 0 amide bonds. The van der Waals surface area contributed by atoms with Gasteiger partial charge in [-0.15, -0.1) is 0 Å². The number of benzene rings is 1. The Hall–Kier alpha value is -0.860. The van der Waals surface area contributed by atoms with Crippen molar-refractivity contribution in [2.24, 2.45) is 0 Å². The summed E-state index contributed by atoms with van der Waals surface area (Å²) >= 11 is 0. The fourth-order valence-electron chi connectivity index (χ4n) is 4.01. The van der Waals surface area contributed by atoms with Gasteiger partial charge in [-0.25, -0.2) is 0 Å². The van der Waals surface area contributed by atoms with E-state index in [1.807, 2.05) is 0 Å². The zero-order chi connectivity index (χ0) is 14.9. The highest BCUT2D eigenvalue weighted by Crippen LogP contribution is 2.42. The van der Waals surface area contributed by atoms with E-state index in [-0.39, 0.29) is 0 Å². The Morgan fingerprint density at radius 2 is 1.76 bits per heavy atom. The zero-order valence-electron chi connectivity index (χ0n) is 13.7. The van der Waals surface area contributed by atoms with Crippen LogP contribution in [-0.4, -0.2) is 23.7 Å². The van der Waals surface area contributed by atoms with Crippen LogP contribution in [0.25, 0.3) is 0 Å². The van der Waals surface area contributed by atoms with Crippen molar-refractivity contribution in [2.75, 3.05) is 0 Å². The molecule has 1 aromatic carbocycles. The lowest BCUT2D eigenvalue weighted by Gasteiger charge is -2.40. The minimum Gasteiger partial charge on any atom is -0.311 e. The summed E-state index contributed by atoms with van der Waals surface area (Å²) < 4.78 is 0. The second kappa shape index (κ2) is 6.10. The molecule has 3 rings (SSSR count). The summed E-state index contributed by atoms with van der Waals surface area (Å²) in [7, 11) is 0. The molecular formula is C19H30N2. The van der Waals surface area contributed by atoms with Gasteiger partial charge in [0.25, 0.3) is 0 Å². The van der Waals surface area contributed by atoms with Crippen molar-refractivity contribution < 1.29 is 0 Å². The molecule has 2 atom stereocenters. The van der Waals surface area contributed by atoms with E-state index in [1.165, 1.54) is 37.7 Å². The summed E-state index contributed by atoms with van der Waals surface area (Å²) in [5, 5.41) is 7.66. The Bertz CT molecular complexity index is 446. The third-order valence-electron chi connectivity index (χ3n) is 5.19. The van der Waals surface area contributed by atoms with Gasteiger partial charge in [-0.1, -0.05) is 44.2 Å². The van der Waals surface area contributed by atoms with Crippen LogP contribution in [0.3, 0.4) is 0 Å². The summed E-state index contributed by atoms with van der Waals surface area (Å²) in [6, 6.07) is 13.0. The molecule has 0 heterocycles. The number of hydrogen-bond acceptors (Lipinski definition) is 2. The summed E-state index contributed by atoms with van der Waals surface area (Å²) in [6.45, 7) is 6.90. The largest absolute Gasteiger partial charge is 0.311 e. The van der Waals surface area contributed by atoms with Gasteiger partial charge in [-0.3, -0.25) is 0 Å². The Morgan fingerprint density at radius 1 is 1.10 bits per heavy atom. The van der Waals surface area contributed by atoms with Crippen LogP contribution < -0.4 is 10.6 Å². The molecule has 0 saturated heterocycles. The van der Waals surface area contributed by atoms with E-state index in [9.17, 15) is 0 Å². The molecule has 21 heavy (non-hydrogen) atoms. The predicted octanol–water partition coefficient (Wildman–Crippen LogP) is 3.83. The Morgan fingerprint density at radius 3 is 2.38 bits per heavy atom. The zero-order valence-corrected chi connectivity index (χ0v) is 13.7. The van der Waals surface area contributed by atoms with E-state index in [2.05, 4.69) is 61.7 Å². The van der Waals surface area contributed by atoms with E-state index in [0.29, 0.717) is 11.6 Å². The van der Waals surface area contributed by atoms with E-state index >= 15 is 0 Å². The van der Waals surface area contributed by atoms with E-state index < -0.39 is 0 Å². The maximum atomic E-state index is 3.90.